The van der Waals surface area contributed by atoms with Crippen molar-refractivity contribution >= 4 is 32.5 Å². The zero-order valence-electron chi connectivity index (χ0n) is 27.2. The van der Waals surface area contributed by atoms with Crippen LogP contribution >= 0.6 is 0 Å². The van der Waals surface area contributed by atoms with E-state index in [1.54, 1.807) is 18.2 Å². The molecule has 0 radical (unpaired) electrons. The SMILES string of the molecule is CCCCCCNS(=O)(=O)c1ccc(Oc2c(C(C)(C)C)c(F)cc3cc4c(c(-c5ccc(CCC)cc5)c23)C(=N)NC4=N)cc1. The highest BCUT2D eigenvalue weighted by molar-refractivity contribution is 7.89. The van der Waals surface area contributed by atoms with Gasteiger partial charge in [-0.2, -0.15) is 0 Å². The van der Waals surface area contributed by atoms with E-state index >= 15 is 4.39 Å². The molecule has 7 nitrogen and oxygen atoms in total. The summed E-state index contributed by atoms with van der Waals surface area (Å²) in [5.41, 5.74) is 3.47. The normalized spacial score (nSPS) is 13.3. The molecule has 0 atom stereocenters. The maximum absolute atomic E-state index is 16.1. The second-order valence-corrected chi connectivity index (χ2v) is 14.7. The van der Waals surface area contributed by atoms with Crippen molar-refractivity contribution in [3.63, 3.8) is 0 Å². The number of hydrogen-bond donors (Lipinski definition) is 4. The molecule has 4 aromatic rings. The van der Waals surface area contributed by atoms with Gasteiger partial charge < -0.3 is 10.1 Å². The Bertz CT molecular complexity index is 1900. The van der Waals surface area contributed by atoms with E-state index in [2.05, 4.69) is 36.0 Å². The van der Waals surface area contributed by atoms with Crippen molar-refractivity contribution in [1.82, 2.24) is 10.0 Å². The predicted octanol–water partition coefficient (Wildman–Crippen LogP) is 8.80. The third kappa shape index (κ3) is 6.71. The minimum absolute atomic E-state index is 0.0873. The Hall–Kier alpha value is -4.08. The van der Waals surface area contributed by atoms with Crippen molar-refractivity contribution in [2.24, 2.45) is 0 Å². The molecule has 46 heavy (non-hydrogen) atoms. The summed E-state index contributed by atoms with van der Waals surface area (Å²) < 4.78 is 51.2. The predicted molar refractivity (Wildman–Crippen MR) is 185 cm³/mol. The van der Waals surface area contributed by atoms with Gasteiger partial charge in [-0.1, -0.05) is 84.6 Å². The third-order valence-corrected chi connectivity index (χ3v) is 9.79. The quantitative estimate of drug-likeness (QED) is 0.116. The molecule has 0 saturated heterocycles. The molecule has 0 saturated carbocycles. The fourth-order valence-electron chi connectivity index (χ4n) is 6.08. The van der Waals surface area contributed by atoms with Gasteiger partial charge in [-0.25, -0.2) is 17.5 Å². The number of fused-ring (bicyclic) bond motifs is 2. The van der Waals surface area contributed by atoms with Gasteiger partial charge in [-0.15, -0.1) is 0 Å². The van der Waals surface area contributed by atoms with Crippen LogP contribution in [0.4, 0.5) is 4.39 Å². The minimum atomic E-state index is -3.69. The summed E-state index contributed by atoms with van der Waals surface area (Å²) >= 11 is 0. The van der Waals surface area contributed by atoms with Gasteiger partial charge in [0.05, 0.1) is 4.90 Å². The molecule has 9 heteroatoms. The van der Waals surface area contributed by atoms with Crippen LogP contribution in [0.25, 0.3) is 21.9 Å². The Balaban J connectivity index is 1.67. The molecule has 0 amide bonds. The highest BCUT2D eigenvalue weighted by atomic mass is 32.2. The summed E-state index contributed by atoms with van der Waals surface area (Å²) in [6, 6.07) is 17.5. The highest BCUT2D eigenvalue weighted by Crippen LogP contribution is 2.48. The minimum Gasteiger partial charge on any atom is -0.456 e. The fourth-order valence-corrected chi connectivity index (χ4v) is 7.15. The maximum Gasteiger partial charge on any atom is 0.240 e. The number of unbranched alkanes of at least 4 members (excludes halogenated alkanes) is 3. The van der Waals surface area contributed by atoms with Gasteiger partial charge in [-0.3, -0.25) is 10.8 Å². The van der Waals surface area contributed by atoms with Crippen LogP contribution in [-0.4, -0.2) is 26.6 Å². The lowest BCUT2D eigenvalue weighted by atomic mass is 9.81. The first kappa shape index (κ1) is 33.3. The number of halogens is 1. The zero-order chi connectivity index (χ0) is 33.2. The van der Waals surface area contributed by atoms with Crippen molar-refractivity contribution < 1.29 is 17.5 Å². The van der Waals surface area contributed by atoms with E-state index in [1.165, 1.54) is 23.8 Å². The van der Waals surface area contributed by atoms with Gasteiger partial charge in [0.25, 0.3) is 0 Å². The lowest BCUT2D eigenvalue weighted by molar-refractivity contribution is 0.442. The molecule has 0 unspecified atom stereocenters. The van der Waals surface area contributed by atoms with Gasteiger partial charge >= 0.3 is 0 Å². The molecule has 1 heterocycles. The van der Waals surface area contributed by atoms with Crippen molar-refractivity contribution in [3.05, 3.63) is 88.7 Å². The first-order valence-corrected chi connectivity index (χ1v) is 17.5. The number of nitrogens with one attached hydrogen (secondary N) is 4. The number of aryl methyl sites for hydroxylation is 1. The van der Waals surface area contributed by atoms with Crippen LogP contribution in [0, 0.1) is 16.6 Å². The van der Waals surface area contributed by atoms with E-state index in [0.717, 1.165) is 44.1 Å². The average Bonchev–Trinajstić information content (AvgIpc) is 3.28. The molecule has 0 bridgehead atoms. The number of ether oxygens (including phenoxy) is 1. The average molecular weight is 643 g/mol. The zero-order valence-corrected chi connectivity index (χ0v) is 28.1. The fraction of sp³-hybridized carbons (Fsp3) is 0.351. The molecule has 4 N–H and O–H groups in total. The van der Waals surface area contributed by atoms with Gasteiger partial charge in [0.15, 0.2) is 0 Å². The first-order chi connectivity index (χ1) is 21.9. The van der Waals surface area contributed by atoms with E-state index in [0.29, 0.717) is 51.1 Å². The van der Waals surface area contributed by atoms with Crippen molar-refractivity contribution in [2.75, 3.05) is 6.54 Å². The van der Waals surface area contributed by atoms with Crippen LogP contribution in [0.5, 0.6) is 11.5 Å². The molecule has 1 aliphatic rings. The molecule has 4 aromatic carbocycles. The number of amidine groups is 2. The molecule has 0 aliphatic carbocycles. The summed E-state index contributed by atoms with van der Waals surface area (Å²) in [7, 11) is -3.69. The Labute approximate surface area is 271 Å². The highest BCUT2D eigenvalue weighted by Gasteiger charge is 2.33. The molecular weight excluding hydrogens is 599 g/mol. The largest absolute Gasteiger partial charge is 0.456 e. The van der Waals surface area contributed by atoms with Crippen molar-refractivity contribution in [2.45, 2.75) is 83.5 Å². The maximum atomic E-state index is 16.1. The van der Waals surface area contributed by atoms with Crippen molar-refractivity contribution in [1.29, 1.82) is 10.8 Å². The Morgan fingerprint density at radius 2 is 1.57 bits per heavy atom. The number of hydrogen-bond acceptors (Lipinski definition) is 5. The lowest BCUT2D eigenvalue weighted by Crippen LogP contribution is -2.24. The monoisotopic (exact) mass is 642 g/mol. The standard InChI is InChI=1S/C37H43FN4O3S/c1-6-8-9-10-20-41-46(43,44)27-18-16-26(17-19-27)45-34-31-25(22-29(38)33(34)37(3,4)5)21-28-32(36(40)42-35(28)39)30(31)24-14-12-23(11-7-2)13-15-24/h12-19,21-22,41H,6-11,20H2,1-5H3,(H3,39,40,42). The Morgan fingerprint density at radius 1 is 0.870 bits per heavy atom. The summed E-state index contributed by atoms with van der Waals surface area (Å²) in [5.74, 6) is 0.389. The molecule has 0 spiro atoms. The molecule has 0 aromatic heterocycles. The second kappa shape index (κ2) is 13.3. The number of sulfonamides is 1. The van der Waals surface area contributed by atoms with Gasteiger partial charge in [0.2, 0.25) is 10.0 Å². The van der Waals surface area contributed by atoms with E-state index in [9.17, 15) is 8.42 Å². The first-order valence-electron chi connectivity index (χ1n) is 16.0. The smallest absolute Gasteiger partial charge is 0.240 e. The van der Waals surface area contributed by atoms with Gasteiger partial charge in [-0.05, 0) is 71.2 Å². The van der Waals surface area contributed by atoms with Crippen molar-refractivity contribution in [3.8, 4) is 22.6 Å². The van der Waals surface area contributed by atoms with Gasteiger partial charge in [0, 0.05) is 34.2 Å². The molecular formula is C37H43FN4O3S. The third-order valence-electron chi connectivity index (χ3n) is 8.31. The van der Waals surface area contributed by atoms with E-state index in [-0.39, 0.29) is 16.6 Å². The summed E-state index contributed by atoms with van der Waals surface area (Å²) in [6.07, 6.45) is 5.82. The summed E-state index contributed by atoms with van der Waals surface area (Å²) in [6.45, 7) is 10.4. The second-order valence-electron chi connectivity index (χ2n) is 12.9. The topological polar surface area (TPSA) is 115 Å². The van der Waals surface area contributed by atoms with Crippen LogP contribution in [0.3, 0.4) is 0 Å². The van der Waals surface area contributed by atoms with Crippen LogP contribution in [-0.2, 0) is 21.9 Å². The van der Waals surface area contributed by atoms with Gasteiger partial charge in [0.1, 0.15) is 29.0 Å². The van der Waals surface area contributed by atoms with E-state index < -0.39 is 21.3 Å². The Kier molecular flexibility index (Phi) is 9.65. The molecule has 5 rings (SSSR count). The van der Waals surface area contributed by atoms with Crippen LogP contribution in [0.1, 0.15) is 89.0 Å². The molecule has 242 valence electrons. The Morgan fingerprint density at radius 3 is 2.20 bits per heavy atom. The number of rotatable bonds is 12. The molecule has 0 fully saturated rings. The van der Waals surface area contributed by atoms with Crippen LogP contribution in [0.2, 0.25) is 0 Å². The summed E-state index contributed by atoms with van der Waals surface area (Å²) in [5, 5.41) is 21.3. The lowest BCUT2D eigenvalue weighted by Gasteiger charge is -2.26. The van der Waals surface area contributed by atoms with E-state index in [4.69, 9.17) is 15.6 Å². The van der Waals surface area contributed by atoms with Crippen LogP contribution in [0.15, 0.2) is 65.6 Å². The number of benzene rings is 4. The summed E-state index contributed by atoms with van der Waals surface area (Å²) in [4.78, 5) is 0.124. The van der Waals surface area contributed by atoms with Crippen LogP contribution < -0.4 is 14.8 Å². The van der Waals surface area contributed by atoms with E-state index in [1.807, 2.05) is 32.9 Å². The molecule has 1 aliphatic heterocycles.